The zero-order chi connectivity index (χ0) is 11.1. The molecule has 0 aromatic heterocycles. The highest BCUT2D eigenvalue weighted by molar-refractivity contribution is 9.09. The molecule has 0 aromatic carbocycles. The number of hydrogen-bond donors (Lipinski definition) is 1. The van der Waals surface area contributed by atoms with Gasteiger partial charge in [0.2, 0.25) is 5.91 Å². The van der Waals surface area contributed by atoms with Crippen molar-refractivity contribution in [3.05, 3.63) is 0 Å². The molecular weight excluding hydrogens is 258 g/mol. The van der Waals surface area contributed by atoms with E-state index in [1.807, 2.05) is 0 Å². The molecular formula is C11H20BrNO2. The Balaban J connectivity index is 2.31. The van der Waals surface area contributed by atoms with Crippen molar-refractivity contribution in [2.24, 2.45) is 0 Å². The minimum absolute atomic E-state index is 0.0718. The van der Waals surface area contributed by atoms with Crippen LogP contribution in [0.25, 0.3) is 0 Å². The largest absolute Gasteiger partial charge is 0.368 e. The maximum absolute atomic E-state index is 11.8. The maximum Gasteiger partial charge on any atom is 0.249 e. The lowest BCUT2D eigenvalue weighted by atomic mass is 10.1. The molecule has 1 saturated heterocycles. The van der Waals surface area contributed by atoms with E-state index in [0.717, 1.165) is 44.0 Å². The molecule has 15 heavy (non-hydrogen) atoms. The molecule has 0 spiro atoms. The molecule has 0 aromatic rings. The molecule has 2 unspecified atom stereocenters. The topological polar surface area (TPSA) is 38.3 Å². The van der Waals surface area contributed by atoms with E-state index in [1.54, 1.807) is 0 Å². The van der Waals surface area contributed by atoms with E-state index in [1.165, 1.54) is 0 Å². The lowest BCUT2D eigenvalue weighted by Crippen LogP contribution is -2.43. The van der Waals surface area contributed by atoms with Crippen LogP contribution in [0.5, 0.6) is 0 Å². The number of amides is 1. The van der Waals surface area contributed by atoms with E-state index in [-0.39, 0.29) is 18.1 Å². The normalized spacial score (nSPS) is 23.5. The third-order valence-electron chi connectivity index (χ3n) is 2.77. The number of hydrogen-bond acceptors (Lipinski definition) is 2. The van der Waals surface area contributed by atoms with Gasteiger partial charge < -0.3 is 10.1 Å². The Morgan fingerprint density at radius 2 is 2.40 bits per heavy atom. The molecule has 1 N–H and O–H groups in total. The highest BCUT2D eigenvalue weighted by atomic mass is 79.9. The Hall–Kier alpha value is -0.0900. The van der Waals surface area contributed by atoms with E-state index in [0.29, 0.717) is 0 Å². The summed E-state index contributed by atoms with van der Waals surface area (Å²) in [7, 11) is 0. The lowest BCUT2D eigenvalue weighted by molar-refractivity contribution is -0.136. The van der Waals surface area contributed by atoms with Crippen LogP contribution in [0.15, 0.2) is 0 Å². The summed E-state index contributed by atoms with van der Waals surface area (Å²) in [6.45, 7) is 2.82. The van der Waals surface area contributed by atoms with Gasteiger partial charge in [-0.1, -0.05) is 22.9 Å². The van der Waals surface area contributed by atoms with Gasteiger partial charge in [0.1, 0.15) is 6.10 Å². The van der Waals surface area contributed by atoms with E-state index >= 15 is 0 Å². The second kappa shape index (κ2) is 7.23. The molecule has 1 amide bonds. The minimum Gasteiger partial charge on any atom is -0.368 e. The molecule has 0 radical (unpaired) electrons. The van der Waals surface area contributed by atoms with Crippen molar-refractivity contribution in [2.45, 2.75) is 51.2 Å². The summed E-state index contributed by atoms with van der Waals surface area (Å²) < 4.78 is 5.44. The first-order chi connectivity index (χ1) is 7.27. The summed E-state index contributed by atoms with van der Waals surface area (Å²) in [5, 5.41) is 3.97. The highest BCUT2D eigenvalue weighted by Crippen LogP contribution is 2.13. The highest BCUT2D eigenvalue weighted by Gasteiger charge is 2.23. The number of ether oxygens (including phenoxy) is 1. The van der Waals surface area contributed by atoms with Crippen LogP contribution < -0.4 is 5.32 Å². The van der Waals surface area contributed by atoms with Crippen LogP contribution in [0.4, 0.5) is 0 Å². The standard InChI is InChI=1S/C11H20BrNO2/c1-2-9(6-7-12)13-11(14)10-5-3-4-8-15-10/h9-10H,2-8H2,1H3,(H,13,14). The van der Waals surface area contributed by atoms with E-state index in [2.05, 4.69) is 28.2 Å². The molecule has 3 nitrogen and oxygen atoms in total. The fraction of sp³-hybridized carbons (Fsp3) is 0.909. The first-order valence-corrected chi connectivity index (χ1v) is 6.88. The molecule has 0 bridgehead atoms. The third kappa shape index (κ3) is 4.51. The van der Waals surface area contributed by atoms with Crippen LogP contribution in [0.1, 0.15) is 39.0 Å². The number of rotatable bonds is 5. The number of alkyl halides is 1. The van der Waals surface area contributed by atoms with Gasteiger partial charge in [0.05, 0.1) is 0 Å². The Morgan fingerprint density at radius 1 is 1.60 bits per heavy atom. The molecule has 1 fully saturated rings. The van der Waals surface area contributed by atoms with Crippen LogP contribution in [-0.4, -0.2) is 30.0 Å². The molecule has 4 heteroatoms. The van der Waals surface area contributed by atoms with Crippen LogP contribution >= 0.6 is 15.9 Å². The number of carbonyl (C=O) groups excluding carboxylic acids is 1. The van der Waals surface area contributed by atoms with Crippen molar-refractivity contribution in [3.63, 3.8) is 0 Å². The summed E-state index contributed by atoms with van der Waals surface area (Å²) >= 11 is 3.39. The van der Waals surface area contributed by atoms with Crippen LogP contribution in [0, 0.1) is 0 Å². The second-order valence-corrected chi connectivity index (χ2v) is 4.74. The van der Waals surface area contributed by atoms with Crippen molar-refractivity contribution in [1.29, 1.82) is 0 Å². The molecule has 0 aliphatic carbocycles. The van der Waals surface area contributed by atoms with Crippen molar-refractivity contribution < 1.29 is 9.53 Å². The second-order valence-electron chi connectivity index (χ2n) is 3.95. The van der Waals surface area contributed by atoms with Gasteiger partial charge in [0, 0.05) is 18.0 Å². The van der Waals surface area contributed by atoms with Gasteiger partial charge in [0.25, 0.3) is 0 Å². The Morgan fingerprint density at radius 3 is 2.93 bits per heavy atom. The predicted octanol–water partition coefficient (Wildman–Crippen LogP) is 2.24. The van der Waals surface area contributed by atoms with Gasteiger partial charge in [-0.3, -0.25) is 4.79 Å². The summed E-state index contributed by atoms with van der Waals surface area (Å²) in [5.41, 5.74) is 0. The summed E-state index contributed by atoms with van der Waals surface area (Å²) in [5.74, 6) is 0.0718. The quantitative estimate of drug-likeness (QED) is 0.783. The summed E-state index contributed by atoms with van der Waals surface area (Å²) in [6, 6.07) is 0.280. The average Bonchev–Trinajstić information content (AvgIpc) is 2.29. The van der Waals surface area contributed by atoms with E-state index in [4.69, 9.17) is 4.74 Å². The van der Waals surface area contributed by atoms with Gasteiger partial charge in [-0.15, -0.1) is 0 Å². The molecule has 1 heterocycles. The number of halogens is 1. The third-order valence-corrected chi connectivity index (χ3v) is 3.23. The van der Waals surface area contributed by atoms with Crippen molar-refractivity contribution in [2.75, 3.05) is 11.9 Å². The predicted molar refractivity (Wildman–Crippen MR) is 64.2 cm³/mol. The van der Waals surface area contributed by atoms with Gasteiger partial charge >= 0.3 is 0 Å². The van der Waals surface area contributed by atoms with Crippen molar-refractivity contribution >= 4 is 21.8 Å². The molecule has 1 aliphatic rings. The lowest BCUT2D eigenvalue weighted by Gasteiger charge is -2.24. The van der Waals surface area contributed by atoms with Crippen molar-refractivity contribution in [1.82, 2.24) is 5.32 Å². The number of carbonyl (C=O) groups is 1. The first-order valence-electron chi connectivity index (χ1n) is 5.75. The van der Waals surface area contributed by atoms with Gasteiger partial charge in [0.15, 0.2) is 0 Å². The van der Waals surface area contributed by atoms with Gasteiger partial charge in [-0.2, -0.15) is 0 Å². The van der Waals surface area contributed by atoms with Crippen LogP contribution in [-0.2, 0) is 9.53 Å². The van der Waals surface area contributed by atoms with Crippen LogP contribution in [0.2, 0.25) is 0 Å². The Labute approximate surface area is 100 Å². The minimum atomic E-state index is -0.205. The van der Waals surface area contributed by atoms with Crippen molar-refractivity contribution in [3.8, 4) is 0 Å². The zero-order valence-electron chi connectivity index (χ0n) is 9.30. The monoisotopic (exact) mass is 277 g/mol. The SMILES string of the molecule is CCC(CCBr)NC(=O)C1CCCCO1. The maximum atomic E-state index is 11.8. The molecule has 1 aliphatic heterocycles. The van der Waals surface area contributed by atoms with Crippen LogP contribution in [0.3, 0.4) is 0 Å². The molecule has 2 atom stereocenters. The number of nitrogens with one attached hydrogen (secondary N) is 1. The van der Waals surface area contributed by atoms with E-state index < -0.39 is 0 Å². The van der Waals surface area contributed by atoms with Gasteiger partial charge in [-0.05, 0) is 32.1 Å². The molecule has 88 valence electrons. The fourth-order valence-corrected chi connectivity index (χ4v) is 2.30. The molecule has 0 saturated carbocycles. The first kappa shape index (κ1) is 13.0. The zero-order valence-corrected chi connectivity index (χ0v) is 10.9. The summed E-state index contributed by atoms with van der Waals surface area (Å²) in [4.78, 5) is 11.8. The smallest absolute Gasteiger partial charge is 0.249 e. The Bertz CT molecular complexity index is 193. The molecule has 1 rings (SSSR count). The summed E-state index contributed by atoms with van der Waals surface area (Å²) in [6.07, 6.45) is 4.81. The van der Waals surface area contributed by atoms with E-state index in [9.17, 15) is 4.79 Å². The Kier molecular flexibility index (Phi) is 6.25. The van der Waals surface area contributed by atoms with Gasteiger partial charge in [-0.25, -0.2) is 0 Å². The fourth-order valence-electron chi connectivity index (χ4n) is 1.75. The average molecular weight is 278 g/mol.